The fraction of sp³-hybridized carbons (Fsp3) is 0.467. The Bertz CT molecular complexity index is 575. The topological polar surface area (TPSA) is 70.7 Å². The molecule has 0 aliphatic carbocycles. The number of amides is 3. The number of piperidine rings is 1. The second kappa shape index (κ2) is 8.26. The molecule has 0 bridgehead atoms. The third kappa shape index (κ3) is 5.18. The monoisotopic (exact) mass is 359 g/mol. The van der Waals surface area contributed by atoms with Crippen LogP contribution in [-0.2, 0) is 4.74 Å². The van der Waals surface area contributed by atoms with Crippen LogP contribution in [0.1, 0.15) is 12.8 Å². The maximum Gasteiger partial charge on any atom is 0.409 e. The minimum atomic E-state index is -0.297. The van der Waals surface area contributed by atoms with Gasteiger partial charge in [-0.2, -0.15) is 0 Å². The minimum absolute atomic E-state index is 0.293. The highest BCUT2D eigenvalue weighted by molar-refractivity contribution is 6.42. The number of carbonyl (C=O) groups is 2. The summed E-state index contributed by atoms with van der Waals surface area (Å²) in [5.74, 6) is 0.343. The van der Waals surface area contributed by atoms with Crippen LogP contribution in [0.25, 0.3) is 0 Å². The molecule has 0 spiro atoms. The van der Waals surface area contributed by atoms with E-state index in [1.54, 1.807) is 23.1 Å². The Labute approximate surface area is 145 Å². The summed E-state index contributed by atoms with van der Waals surface area (Å²) in [6, 6.07) is 4.61. The molecular formula is C15H19Cl2N3O3. The zero-order chi connectivity index (χ0) is 16.8. The first-order chi connectivity index (χ1) is 11.0. The van der Waals surface area contributed by atoms with E-state index in [0.717, 1.165) is 12.8 Å². The Hall–Kier alpha value is -1.66. The van der Waals surface area contributed by atoms with Gasteiger partial charge >= 0.3 is 12.1 Å². The summed E-state index contributed by atoms with van der Waals surface area (Å²) < 4.78 is 4.69. The molecule has 1 aromatic carbocycles. The molecule has 23 heavy (non-hydrogen) atoms. The Morgan fingerprint density at radius 3 is 2.57 bits per heavy atom. The van der Waals surface area contributed by atoms with Gasteiger partial charge in [0.15, 0.2) is 0 Å². The number of nitrogens with zero attached hydrogens (tertiary/aromatic N) is 1. The molecule has 0 radical (unpaired) electrons. The summed E-state index contributed by atoms with van der Waals surface area (Å²) in [6.07, 6.45) is 1.37. The predicted octanol–water partition coefficient (Wildman–Crippen LogP) is 3.59. The highest BCUT2D eigenvalue weighted by Crippen LogP contribution is 2.25. The molecule has 0 unspecified atom stereocenters. The molecule has 6 nitrogen and oxygen atoms in total. The highest BCUT2D eigenvalue weighted by Gasteiger charge is 2.23. The molecule has 0 saturated carbocycles. The number of methoxy groups -OCH3 is 1. The first kappa shape index (κ1) is 17.7. The van der Waals surface area contributed by atoms with Gasteiger partial charge in [0.1, 0.15) is 0 Å². The minimum Gasteiger partial charge on any atom is -0.453 e. The number of anilines is 1. The van der Waals surface area contributed by atoms with Crippen LogP contribution in [0, 0.1) is 5.92 Å². The summed E-state index contributed by atoms with van der Waals surface area (Å²) in [5, 5.41) is 6.37. The van der Waals surface area contributed by atoms with E-state index in [9.17, 15) is 9.59 Å². The largest absolute Gasteiger partial charge is 0.453 e. The van der Waals surface area contributed by atoms with E-state index in [0.29, 0.717) is 41.3 Å². The van der Waals surface area contributed by atoms with Gasteiger partial charge in [-0.3, -0.25) is 0 Å². The van der Waals surface area contributed by atoms with Gasteiger partial charge in [0, 0.05) is 25.3 Å². The molecule has 2 rings (SSSR count). The van der Waals surface area contributed by atoms with Crippen molar-refractivity contribution in [2.45, 2.75) is 12.8 Å². The van der Waals surface area contributed by atoms with Crippen molar-refractivity contribution in [3.8, 4) is 0 Å². The van der Waals surface area contributed by atoms with E-state index >= 15 is 0 Å². The lowest BCUT2D eigenvalue weighted by Crippen LogP contribution is -2.42. The molecule has 126 valence electrons. The number of hydrogen-bond acceptors (Lipinski definition) is 3. The van der Waals surface area contributed by atoms with Crippen molar-refractivity contribution in [2.24, 2.45) is 5.92 Å². The van der Waals surface area contributed by atoms with Crippen molar-refractivity contribution in [3.05, 3.63) is 28.2 Å². The van der Waals surface area contributed by atoms with Crippen molar-refractivity contribution in [2.75, 3.05) is 32.1 Å². The van der Waals surface area contributed by atoms with E-state index in [2.05, 4.69) is 10.6 Å². The summed E-state index contributed by atoms with van der Waals surface area (Å²) in [7, 11) is 1.38. The zero-order valence-corrected chi connectivity index (χ0v) is 14.3. The Morgan fingerprint density at radius 2 is 1.96 bits per heavy atom. The second-order valence-electron chi connectivity index (χ2n) is 5.36. The molecule has 1 aliphatic rings. The van der Waals surface area contributed by atoms with Crippen LogP contribution in [0.5, 0.6) is 0 Å². The van der Waals surface area contributed by atoms with Crippen molar-refractivity contribution >= 4 is 41.0 Å². The summed E-state index contributed by atoms with van der Waals surface area (Å²) >= 11 is 11.7. The Kier molecular flexibility index (Phi) is 6.36. The summed E-state index contributed by atoms with van der Waals surface area (Å²) in [5.41, 5.74) is 0.581. The number of benzene rings is 1. The van der Waals surface area contributed by atoms with Crippen LogP contribution in [0.15, 0.2) is 18.2 Å². The van der Waals surface area contributed by atoms with Gasteiger partial charge in [0.2, 0.25) is 0 Å². The number of likely N-dealkylation sites (tertiary alicyclic amines) is 1. The molecule has 1 saturated heterocycles. The molecule has 1 aliphatic heterocycles. The molecule has 0 aromatic heterocycles. The fourth-order valence-corrected chi connectivity index (χ4v) is 2.73. The smallest absolute Gasteiger partial charge is 0.409 e. The van der Waals surface area contributed by atoms with Crippen LogP contribution < -0.4 is 10.6 Å². The molecule has 8 heteroatoms. The number of halogens is 2. The van der Waals surface area contributed by atoms with Gasteiger partial charge in [-0.05, 0) is 37.0 Å². The number of nitrogens with one attached hydrogen (secondary N) is 2. The van der Waals surface area contributed by atoms with Crippen molar-refractivity contribution in [1.29, 1.82) is 0 Å². The molecule has 3 amide bonds. The predicted molar refractivity (Wildman–Crippen MR) is 90.2 cm³/mol. The molecule has 1 aromatic rings. The van der Waals surface area contributed by atoms with Crippen molar-refractivity contribution < 1.29 is 14.3 Å². The number of carbonyl (C=O) groups excluding carboxylic acids is 2. The number of rotatable bonds is 3. The SMILES string of the molecule is COC(=O)N1CCC(CNC(=O)Nc2ccc(Cl)c(Cl)c2)CC1. The average Bonchev–Trinajstić information content (AvgIpc) is 2.56. The first-order valence-electron chi connectivity index (χ1n) is 7.32. The maximum absolute atomic E-state index is 11.9. The van der Waals surface area contributed by atoms with E-state index in [-0.39, 0.29) is 12.1 Å². The van der Waals surface area contributed by atoms with Crippen LogP contribution in [-0.4, -0.2) is 43.8 Å². The van der Waals surface area contributed by atoms with Crippen LogP contribution >= 0.6 is 23.2 Å². The Balaban J connectivity index is 1.73. The molecule has 2 N–H and O–H groups in total. The van der Waals surface area contributed by atoms with E-state index in [1.165, 1.54) is 7.11 Å². The lowest BCUT2D eigenvalue weighted by molar-refractivity contribution is 0.106. The fourth-order valence-electron chi connectivity index (χ4n) is 2.43. The normalized spacial score (nSPS) is 15.2. The molecule has 1 fully saturated rings. The molecule has 1 heterocycles. The van der Waals surface area contributed by atoms with E-state index in [1.807, 2.05) is 0 Å². The van der Waals surface area contributed by atoms with Gasteiger partial charge in [-0.1, -0.05) is 23.2 Å². The standard InChI is InChI=1S/C15H19Cl2N3O3/c1-23-15(22)20-6-4-10(5-7-20)9-18-14(21)19-11-2-3-12(16)13(17)8-11/h2-3,8,10H,4-7,9H2,1H3,(H2,18,19,21). The number of urea groups is 1. The number of ether oxygens (including phenoxy) is 1. The van der Waals surface area contributed by atoms with Gasteiger partial charge in [0.25, 0.3) is 0 Å². The van der Waals surface area contributed by atoms with Crippen molar-refractivity contribution in [1.82, 2.24) is 10.2 Å². The third-order valence-electron chi connectivity index (χ3n) is 3.78. The molecule has 0 atom stereocenters. The molecular weight excluding hydrogens is 341 g/mol. The lowest BCUT2D eigenvalue weighted by atomic mass is 9.97. The van der Waals surface area contributed by atoms with E-state index < -0.39 is 0 Å². The quantitative estimate of drug-likeness (QED) is 0.865. The zero-order valence-electron chi connectivity index (χ0n) is 12.8. The van der Waals surface area contributed by atoms with Gasteiger partial charge in [-0.25, -0.2) is 9.59 Å². The van der Waals surface area contributed by atoms with Crippen LogP contribution in [0.2, 0.25) is 10.0 Å². The van der Waals surface area contributed by atoms with E-state index in [4.69, 9.17) is 27.9 Å². The summed E-state index contributed by atoms with van der Waals surface area (Å²) in [4.78, 5) is 25.0. The first-order valence-corrected chi connectivity index (χ1v) is 8.08. The van der Waals surface area contributed by atoms with Crippen molar-refractivity contribution in [3.63, 3.8) is 0 Å². The average molecular weight is 360 g/mol. The van der Waals surface area contributed by atoms with Crippen LogP contribution in [0.4, 0.5) is 15.3 Å². The second-order valence-corrected chi connectivity index (χ2v) is 6.18. The highest BCUT2D eigenvalue weighted by atomic mass is 35.5. The van der Waals surface area contributed by atoms with Gasteiger partial charge in [0.05, 0.1) is 17.2 Å². The lowest BCUT2D eigenvalue weighted by Gasteiger charge is -2.30. The van der Waals surface area contributed by atoms with Gasteiger partial charge in [-0.15, -0.1) is 0 Å². The van der Waals surface area contributed by atoms with Gasteiger partial charge < -0.3 is 20.3 Å². The number of hydrogen-bond donors (Lipinski definition) is 2. The van der Waals surface area contributed by atoms with Crippen LogP contribution in [0.3, 0.4) is 0 Å². The third-order valence-corrected chi connectivity index (χ3v) is 4.52. The Morgan fingerprint density at radius 1 is 1.26 bits per heavy atom. The summed E-state index contributed by atoms with van der Waals surface area (Å²) in [6.45, 7) is 1.85. The maximum atomic E-state index is 11.9.